The van der Waals surface area contributed by atoms with Crippen LogP contribution in [0.15, 0.2) is 0 Å². The summed E-state index contributed by atoms with van der Waals surface area (Å²) in [5, 5.41) is 12.0. The highest BCUT2D eigenvalue weighted by molar-refractivity contribution is 5.80. The highest BCUT2D eigenvalue weighted by Gasteiger charge is 2.22. The molecule has 19 heavy (non-hydrogen) atoms. The van der Waals surface area contributed by atoms with Crippen molar-refractivity contribution in [1.29, 1.82) is 0 Å². The third-order valence-electron chi connectivity index (χ3n) is 3.67. The van der Waals surface area contributed by atoms with Gasteiger partial charge in [-0.05, 0) is 26.2 Å². The second-order valence-electron chi connectivity index (χ2n) is 5.48. The van der Waals surface area contributed by atoms with Gasteiger partial charge in [0.2, 0.25) is 11.8 Å². The Labute approximate surface area is 115 Å². The molecule has 1 unspecified atom stereocenters. The molecule has 0 heterocycles. The van der Waals surface area contributed by atoms with E-state index >= 15 is 0 Å². The van der Waals surface area contributed by atoms with E-state index in [0.717, 1.165) is 25.7 Å². The van der Waals surface area contributed by atoms with Gasteiger partial charge >= 0.3 is 0 Å². The van der Waals surface area contributed by atoms with E-state index in [9.17, 15) is 9.59 Å². The molecule has 1 fully saturated rings. The van der Waals surface area contributed by atoms with Crippen molar-refractivity contribution in [3.8, 4) is 0 Å². The van der Waals surface area contributed by atoms with Gasteiger partial charge in [0.15, 0.2) is 0 Å². The quantitative estimate of drug-likeness (QED) is 0.722. The zero-order valence-corrected chi connectivity index (χ0v) is 12.0. The van der Waals surface area contributed by atoms with Gasteiger partial charge in [-0.1, -0.05) is 12.8 Å². The highest BCUT2D eigenvalue weighted by Crippen LogP contribution is 2.24. The van der Waals surface area contributed by atoms with Gasteiger partial charge in [-0.3, -0.25) is 9.59 Å². The maximum Gasteiger partial charge on any atom is 0.224 e. The molecule has 2 N–H and O–H groups in total. The molecular weight excluding hydrogens is 244 g/mol. The molecule has 0 aromatic heterocycles. The summed E-state index contributed by atoms with van der Waals surface area (Å²) in [6.07, 6.45) is 4.75. The first-order chi connectivity index (χ1) is 9.00. The fourth-order valence-corrected chi connectivity index (χ4v) is 2.32. The maximum atomic E-state index is 11.8. The summed E-state index contributed by atoms with van der Waals surface area (Å²) < 4.78 is 0. The van der Waals surface area contributed by atoms with E-state index in [2.05, 4.69) is 5.32 Å². The van der Waals surface area contributed by atoms with Crippen LogP contribution in [0.2, 0.25) is 0 Å². The Morgan fingerprint density at radius 2 is 2.00 bits per heavy atom. The van der Waals surface area contributed by atoms with Crippen LogP contribution < -0.4 is 5.32 Å². The van der Waals surface area contributed by atoms with Crippen molar-refractivity contribution < 1.29 is 14.7 Å². The first-order valence-corrected chi connectivity index (χ1v) is 7.20. The third kappa shape index (κ3) is 6.05. The Morgan fingerprint density at radius 3 is 2.58 bits per heavy atom. The van der Waals surface area contributed by atoms with E-state index in [1.165, 1.54) is 0 Å². The van der Waals surface area contributed by atoms with Crippen LogP contribution in [0.5, 0.6) is 0 Å². The Balaban J connectivity index is 2.13. The molecule has 5 nitrogen and oxygen atoms in total. The van der Waals surface area contributed by atoms with Crippen molar-refractivity contribution in [2.45, 2.75) is 51.6 Å². The number of nitrogens with zero attached hydrogens (tertiary/aromatic N) is 1. The van der Waals surface area contributed by atoms with E-state index in [1.54, 1.807) is 18.9 Å². The fraction of sp³-hybridized carbons (Fsp3) is 0.857. The van der Waals surface area contributed by atoms with E-state index in [0.29, 0.717) is 25.9 Å². The topological polar surface area (TPSA) is 69.6 Å². The zero-order valence-electron chi connectivity index (χ0n) is 12.0. The molecule has 2 amide bonds. The molecule has 0 aliphatic heterocycles. The van der Waals surface area contributed by atoms with Gasteiger partial charge in [-0.15, -0.1) is 0 Å². The van der Waals surface area contributed by atoms with Crippen molar-refractivity contribution in [2.75, 3.05) is 20.1 Å². The monoisotopic (exact) mass is 270 g/mol. The number of aliphatic hydroxyl groups excluding tert-OH is 1. The molecule has 0 saturated heterocycles. The summed E-state index contributed by atoms with van der Waals surface area (Å²) >= 11 is 0. The van der Waals surface area contributed by atoms with Crippen LogP contribution in [0.25, 0.3) is 0 Å². The minimum Gasteiger partial charge on any atom is -0.393 e. The van der Waals surface area contributed by atoms with Crippen LogP contribution in [-0.2, 0) is 9.59 Å². The smallest absolute Gasteiger partial charge is 0.224 e. The summed E-state index contributed by atoms with van der Waals surface area (Å²) in [6.45, 7) is 2.67. The molecule has 1 aliphatic carbocycles. The standard InChI is InChI=1S/C14H26N2O3/c1-11(17)8-10-16(2)13(18)7-9-15-14(19)12-5-3-4-6-12/h11-12,17H,3-10H2,1-2H3,(H,15,19). The van der Waals surface area contributed by atoms with Crippen LogP contribution in [-0.4, -0.2) is 48.1 Å². The van der Waals surface area contributed by atoms with Crippen LogP contribution in [0.1, 0.15) is 45.4 Å². The first-order valence-electron chi connectivity index (χ1n) is 7.20. The minimum atomic E-state index is -0.391. The molecule has 110 valence electrons. The number of carbonyl (C=O) groups is 2. The Hall–Kier alpha value is -1.10. The zero-order chi connectivity index (χ0) is 14.3. The highest BCUT2D eigenvalue weighted by atomic mass is 16.3. The van der Waals surface area contributed by atoms with Crippen LogP contribution in [0.3, 0.4) is 0 Å². The van der Waals surface area contributed by atoms with Crippen molar-refractivity contribution >= 4 is 11.8 Å². The summed E-state index contributed by atoms with van der Waals surface area (Å²) in [5.74, 6) is 0.257. The first kappa shape index (κ1) is 16.0. The molecule has 0 aromatic carbocycles. The Morgan fingerprint density at radius 1 is 1.37 bits per heavy atom. The van der Waals surface area contributed by atoms with E-state index in [4.69, 9.17) is 5.11 Å². The van der Waals surface area contributed by atoms with Gasteiger partial charge in [0.25, 0.3) is 0 Å². The van der Waals surface area contributed by atoms with Gasteiger partial charge < -0.3 is 15.3 Å². The molecule has 0 spiro atoms. The molecule has 0 radical (unpaired) electrons. The normalized spacial score (nSPS) is 17.2. The van der Waals surface area contributed by atoms with E-state index in [-0.39, 0.29) is 17.7 Å². The number of rotatable bonds is 7. The predicted octanol–water partition coefficient (Wildman–Crippen LogP) is 0.912. The number of hydrogen-bond donors (Lipinski definition) is 2. The summed E-state index contributed by atoms with van der Waals surface area (Å²) in [6, 6.07) is 0. The minimum absolute atomic E-state index is 0.00683. The number of carbonyl (C=O) groups excluding carboxylic acids is 2. The number of amides is 2. The van der Waals surface area contributed by atoms with Gasteiger partial charge in [0.1, 0.15) is 0 Å². The largest absolute Gasteiger partial charge is 0.393 e. The molecule has 1 atom stereocenters. The summed E-state index contributed by atoms with van der Waals surface area (Å²) in [4.78, 5) is 25.1. The lowest BCUT2D eigenvalue weighted by Crippen LogP contribution is -2.35. The SMILES string of the molecule is CC(O)CCN(C)C(=O)CCNC(=O)C1CCCC1. The second kappa shape index (κ2) is 8.15. The number of hydrogen-bond acceptors (Lipinski definition) is 3. The average molecular weight is 270 g/mol. The molecule has 0 aromatic rings. The van der Waals surface area contributed by atoms with Crippen molar-refractivity contribution in [1.82, 2.24) is 10.2 Å². The van der Waals surface area contributed by atoms with Crippen LogP contribution in [0.4, 0.5) is 0 Å². The van der Waals surface area contributed by atoms with E-state index < -0.39 is 6.10 Å². The molecule has 1 aliphatic rings. The lowest BCUT2D eigenvalue weighted by atomic mass is 10.1. The van der Waals surface area contributed by atoms with Gasteiger partial charge in [0.05, 0.1) is 6.10 Å². The third-order valence-corrected chi connectivity index (χ3v) is 3.67. The molecule has 1 rings (SSSR count). The van der Waals surface area contributed by atoms with Crippen molar-refractivity contribution in [2.24, 2.45) is 5.92 Å². The van der Waals surface area contributed by atoms with Crippen molar-refractivity contribution in [3.05, 3.63) is 0 Å². The molecule has 0 bridgehead atoms. The van der Waals surface area contributed by atoms with E-state index in [1.807, 2.05) is 0 Å². The van der Waals surface area contributed by atoms with Crippen LogP contribution in [0, 0.1) is 5.92 Å². The number of nitrogens with one attached hydrogen (secondary N) is 1. The Kier molecular flexibility index (Phi) is 6.84. The van der Waals surface area contributed by atoms with Gasteiger partial charge in [-0.25, -0.2) is 0 Å². The average Bonchev–Trinajstić information content (AvgIpc) is 2.89. The Bertz CT molecular complexity index is 299. The summed E-state index contributed by atoms with van der Waals surface area (Å²) in [7, 11) is 1.73. The fourth-order valence-electron chi connectivity index (χ4n) is 2.32. The predicted molar refractivity (Wildman–Crippen MR) is 73.5 cm³/mol. The van der Waals surface area contributed by atoms with Crippen molar-refractivity contribution in [3.63, 3.8) is 0 Å². The lowest BCUT2D eigenvalue weighted by Gasteiger charge is -2.18. The van der Waals surface area contributed by atoms with Gasteiger partial charge in [0, 0.05) is 32.5 Å². The molecule has 5 heteroatoms. The van der Waals surface area contributed by atoms with Gasteiger partial charge in [-0.2, -0.15) is 0 Å². The molecule has 1 saturated carbocycles. The molecular formula is C14H26N2O3. The second-order valence-corrected chi connectivity index (χ2v) is 5.48. The van der Waals surface area contributed by atoms with Crippen LogP contribution >= 0.6 is 0 Å². The number of aliphatic hydroxyl groups is 1. The maximum absolute atomic E-state index is 11.8. The lowest BCUT2D eigenvalue weighted by molar-refractivity contribution is -0.130. The summed E-state index contributed by atoms with van der Waals surface area (Å²) in [5.41, 5.74) is 0.